The minimum Gasteiger partial charge on any atom is -0.324 e. The molecule has 3 heteroatoms. The molecule has 0 amide bonds. The molecule has 1 atom stereocenters. The van der Waals surface area contributed by atoms with Crippen molar-refractivity contribution in [3.8, 4) is 0 Å². The van der Waals surface area contributed by atoms with E-state index in [4.69, 9.17) is 5.73 Å². The summed E-state index contributed by atoms with van der Waals surface area (Å²) in [5.74, 6) is 1.24. The van der Waals surface area contributed by atoms with Crippen LogP contribution < -0.4 is 5.73 Å². The number of hydrogen-bond donors (Lipinski definition) is 1. The normalized spacial score (nSPS) is 21.4. The summed E-state index contributed by atoms with van der Waals surface area (Å²) in [5.41, 5.74) is 8.99. The van der Waals surface area contributed by atoms with E-state index in [0.29, 0.717) is 4.75 Å². The lowest BCUT2D eigenvalue weighted by Gasteiger charge is -2.24. The Kier molecular flexibility index (Phi) is 5.53. The van der Waals surface area contributed by atoms with Crippen LogP contribution in [0.2, 0.25) is 0 Å². The van der Waals surface area contributed by atoms with E-state index in [1.165, 1.54) is 36.4 Å². The molecule has 112 valence electrons. The molecule has 0 aromatic heterocycles. The van der Waals surface area contributed by atoms with Crippen molar-refractivity contribution in [1.82, 2.24) is 4.90 Å². The van der Waals surface area contributed by atoms with Gasteiger partial charge >= 0.3 is 0 Å². The number of nitrogens with zero attached hydrogens (tertiary/aromatic N) is 1. The summed E-state index contributed by atoms with van der Waals surface area (Å²) in [4.78, 5) is 2.58. The third-order valence-corrected chi connectivity index (χ3v) is 5.65. The Balaban J connectivity index is 1.84. The highest BCUT2D eigenvalue weighted by atomic mass is 32.2. The molecule has 1 heterocycles. The van der Waals surface area contributed by atoms with Crippen LogP contribution in [-0.2, 0) is 0 Å². The molecular weight excluding hydrogens is 264 g/mol. The number of hydrogen-bond acceptors (Lipinski definition) is 3. The van der Waals surface area contributed by atoms with Gasteiger partial charge in [0.25, 0.3) is 0 Å². The van der Waals surface area contributed by atoms with Crippen molar-refractivity contribution in [2.24, 2.45) is 5.73 Å². The van der Waals surface area contributed by atoms with Crippen molar-refractivity contribution < 1.29 is 0 Å². The quantitative estimate of drug-likeness (QED) is 0.919. The van der Waals surface area contributed by atoms with E-state index in [9.17, 15) is 0 Å². The summed E-state index contributed by atoms with van der Waals surface area (Å²) in [7, 11) is 0. The van der Waals surface area contributed by atoms with Gasteiger partial charge in [-0.15, -0.1) is 0 Å². The Bertz CT molecular complexity index is 431. The molecule has 1 saturated heterocycles. The summed E-state index contributed by atoms with van der Waals surface area (Å²) in [5, 5.41) is 0. The monoisotopic (exact) mass is 292 g/mol. The van der Waals surface area contributed by atoms with Crippen molar-refractivity contribution in [3.05, 3.63) is 35.4 Å². The zero-order chi connectivity index (χ0) is 14.6. The smallest absolute Gasteiger partial charge is 0.0309 e. The molecule has 2 nitrogen and oxygen atoms in total. The van der Waals surface area contributed by atoms with Gasteiger partial charge in [0, 0.05) is 23.1 Å². The zero-order valence-electron chi connectivity index (χ0n) is 13.1. The van der Waals surface area contributed by atoms with Crippen LogP contribution in [0, 0.1) is 6.92 Å². The molecule has 1 aliphatic heterocycles. The Morgan fingerprint density at radius 3 is 2.80 bits per heavy atom. The third kappa shape index (κ3) is 4.51. The van der Waals surface area contributed by atoms with E-state index in [1.807, 2.05) is 0 Å². The van der Waals surface area contributed by atoms with Crippen molar-refractivity contribution >= 4 is 11.8 Å². The topological polar surface area (TPSA) is 29.3 Å². The fourth-order valence-electron chi connectivity index (χ4n) is 2.77. The van der Waals surface area contributed by atoms with Gasteiger partial charge in [0.2, 0.25) is 0 Å². The number of thioether (sulfide) groups is 1. The highest BCUT2D eigenvalue weighted by Gasteiger charge is 2.23. The average molecular weight is 292 g/mol. The first-order valence-corrected chi connectivity index (χ1v) is 8.64. The van der Waals surface area contributed by atoms with Gasteiger partial charge in [-0.25, -0.2) is 0 Å². The Morgan fingerprint density at radius 2 is 2.05 bits per heavy atom. The molecule has 20 heavy (non-hydrogen) atoms. The lowest BCUT2D eigenvalue weighted by Crippen LogP contribution is -2.30. The van der Waals surface area contributed by atoms with Crippen LogP contribution in [0.15, 0.2) is 24.3 Å². The van der Waals surface area contributed by atoms with E-state index in [1.54, 1.807) is 0 Å². The first-order valence-electron chi connectivity index (χ1n) is 7.65. The second-order valence-electron chi connectivity index (χ2n) is 6.45. The molecule has 1 unspecified atom stereocenters. The number of benzene rings is 1. The van der Waals surface area contributed by atoms with E-state index in [-0.39, 0.29) is 6.04 Å². The lowest BCUT2D eigenvalue weighted by molar-refractivity contribution is 0.273. The van der Waals surface area contributed by atoms with Gasteiger partial charge < -0.3 is 10.6 Å². The molecule has 1 aliphatic rings. The highest BCUT2D eigenvalue weighted by molar-refractivity contribution is 8.00. The first-order chi connectivity index (χ1) is 9.48. The molecule has 0 spiro atoms. The fraction of sp³-hybridized carbons (Fsp3) is 0.647. The van der Waals surface area contributed by atoms with Crippen LogP contribution >= 0.6 is 11.8 Å². The summed E-state index contributed by atoms with van der Waals surface area (Å²) >= 11 is 2.11. The molecule has 0 aliphatic carbocycles. The van der Waals surface area contributed by atoms with Crippen molar-refractivity contribution in [3.63, 3.8) is 0 Å². The molecule has 1 aromatic rings. The van der Waals surface area contributed by atoms with Crippen LogP contribution in [0.4, 0.5) is 0 Å². The summed E-state index contributed by atoms with van der Waals surface area (Å²) in [6.45, 7) is 10.4. The van der Waals surface area contributed by atoms with Crippen LogP contribution in [0.1, 0.15) is 43.9 Å². The van der Waals surface area contributed by atoms with Crippen LogP contribution in [-0.4, -0.2) is 35.0 Å². The Hall–Kier alpha value is -0.510. The molecule has 0 radical (unpaired) electrons. The molecule has 1 aromatic carbocycles. The van der Waals surface area contributed by atoms with Gasteiger partial charge in [0.15, 0.2) is 0 Å². The largest absolute Gasteiger partial charge is 0.324 e. The van der Waals surface area contributed by atoms with E-state index in [2.05, 4.69) is 61.7 Å². The lowest BCUT2D eigenvalue weighted by atomic mass is 9.99. The second-order valence-corrected chi connectivity index (χ2v) is 8.25. The maximum atomic E-state index is 6.37. The minimum atomic E-state index is 0.167. The van der Waals surface area contributed by atoms with Gasteiger partial charge in [-0.2, -0.15) is 11.8 Å². The Labute approximate surface area is 128 Å². The minimum absolute atomic E-state index is 0.167. The maximum Gasteiger partial charge on any atom is 0.0309 e. The SMILES string of the molecule is Cc1ccccc1C(N)CCN1CCSC(C)(C)CC1. The summed E-state index contributed by atoms with van der Waals surface area (Å²) in [6, 6.07) is 8.66. The van der Waals surface area contributed by atoms with Crippen molar-refractivity contribution in [2.45, 2.75) is 44.4 Å². The predicted octanol–water partition coefficient (Wildman–Crippen LogP) is 3.60. The molecular formula is C17H28N2S. The van der Waals surface area contributed by atoms with Crippen LogP contribution in [0.25, 0.3) is 0 Å². The number of rotatable bonds is 4. The van der Waals surface area contributed by atoms with E-state index in [0.717, 1.165) is 13.0 Å². The van der Waals surface area contributed by atoms with Gasteiger partial charge in [-0.3, -0.25) is 0 Å². The predicted molar refractivity (Wildman–Crippen MR) is 90.3 cm³/mol. The zero-order valence-corrected chi connectivity index (χ0v) is 13.9. The summed E-state index contributed by atoms with van der Waals surface area (Å²) in [6.07, 6.45) is 2.33. The fourth-order valence-corrected chi connectivity index (χ4v) is 3.90. The Morgan fingerprint density at radius 1 is 1.30 bits per heavy atom. The average Bonchev–Trinajstić information content (AvgIpc) is 2.57. The molecule has 2 rings (SSSR count). The molecule has 2 N–H and O–H groups in total. The third-order valence-electron chi connectivity index (χ3n) is 4.27. The standard InChI is InChI=1S/C17H28N2S/c1-14-6-4-5-7-15(14)16(18)8-10-19-11-9-17(2,3)20-13-12-19/h4-7,16H,8-13,18H2,1-3H3. The van der Waals surface area contributed by atoms with Gasteiger partial charge in [-0.1, -0.05) is 38.1 Å². The van der Waals surface area contributed by atoms with Gasteiger partial charge in [0.05, 0.1) is 0 Å². The molecule has 0 saturated carbocycles. The van der Waals surface area contributed by atoms with Gasteiger partial charge in [-0.05, 0) is 44.0 Å². The van der Waals surface area contributed by atoms with Crippen LogP contribution in [0.5, 0.6) is 0 Å². The molecule has 1 fully saturated rings. The first kappa shape index (κ1) is 15.9. The van der Waals surface area contributed by atoms with Crippen molar-refractivity contribution in [2.75, 3.05) is 25.4 Å². The van der Waals surface area contributed by atoms with E-state index >= 15 is 0 Å². The highest BCUT2D eigenvalue weighted by Crippen LogP contribution is 2.31. The molecule has 0 bridgehead atoms. The van der Waals surface area contributed by atoms with Crippen LogP contribution in [0.3, 0.4) is 0 Å². The second kappa shape index (κ2) is 6.97. The number of nitrogens with two attached hydrogens (primary N) is 1. The number of aryl methyl sites for hydroxylation is 1. The van der Waals surface area contributed by atoms with Gasteiger partial charge in [0.1, 0.15) is 0 Å². The van der Waals surface area contributed by atoms with Crippen molar-refractivity contribution in [1.29, 1.82) is 0 Å². The maximum absolute atomic E-state index is 6.37. The van der Waals surface area contributed by atoms with E-state index < -0.39 is 0 Å². The summed E-state index contributed by atoms with van der Waals surface area (Å²) < 4.78 is 0.437.